The van der Waals surface area contributed by atoms with Crippen LogP contribution in [0.2, 0.25) is 0 Å². The highest BCUT2D eigenvalue weighted by atomic mass is 16.4. The molecule has 0 aromatic carbocycles. The van der Waals surface area contributed by atoms with Gasteiger partial charge in [-0.2, -0.15) is 0 Å². The summed E-state index contributed by atoms with van der Waals surface area (Å²) in [5.41, 5.74) is 0. The Morgan fingerprint density at radius 2 is 2.27 bits per heavy atom. The first-order valence-electron chi connectivity index (χ1n) is 5.67. The van der Waals surface area contributed by atoms with Crippen molar-refractivity contribution >= 4 is 5.97 Å². The lowest BCUT2D eigenvalue weighted by Crippen LogP contribution is -2.39. The van der Waals surface area contributed by atoms with E-state index in [-0.39, 0.29) is 0 Å². The summed E-state index contributed by atoms with van der Waals surface area (Å²) in [5, 5.41) is 8.74. The van der Waals surface area contributed by atoms with Crippen LogP contribution in [0.3, 0.4) is 0 Å². The molecule has 0 saturated carbocycles. The second-order valence-corrected chi connectivity index (χ2v) is 4.71. The van der Waals surface area contributed by atoms with Gasteiger partial charge in [-0.25, -0.2) is 0 Å². The Balaban J connectivity index is 2.25. The first kappa shape index (κ1) is 12.5. The first-order chi connectivity index (χ1) is 7.08. The maximum Gasteiger partial charge on any atom is 0.303 e. The molecule has 1 fully saturated rings. The molecule has 1 saturated heterocycles. The van der Waals surface area contributed by atoms with E-state index in [2.05, 4.69) is 23.9 Å². The smallest absolute Gasteiger partial charge is 0.303 e. The van der Waals surface area contributed by atoms with Crippen LogP contribution in [0.15, 0.2) is 0 Å². The average molecular weight is 214 g/mol. The fourth-order valence-corrected chi connectivity index (χ4v) is 2.11. The zero-order valence-corrected chi connectivity index (χ0v) is 9.78. The average Bonchev–Trinajstić information content (AvgIpc) is 2.14. The van der Waals surface area contributed by atoms with Crippen molar-refractivity contribution in [2.24, 2.45) is 5.92 Å². The summed E-state index contributed by atoms with van der Waals surface area (Å²) in [6.45, 7) is 4.20. The quantitative estimate of drug-likeness (QED) is 0.733. The topological polar surface area (TPSA) is 43.8 Å². The Morgan fingerprint density at radius 3 is 2.87 bits per heavy atom. The van der Waals surface area contributed by atoms with Crippen LogP contribution in [0.4, 0.5) is 0 Å². The second-order valence-electron chi connectivity index (χ2n) is 4.71. The molecular weight excluding hydrogens is 192 g/mol. The Kier molecular flexibility index (Phi) is 5.05. The van der Waals surface area contributed by atoms with Gasteiger partial charge in [-0.15, -0.1) is 0 Å². The van der Waals surface area contributed by atoms with E-state index in [1.54, 1.807) is 0 Å². The molecule has 0 spiro atoms. The van der Waals surface area contributed by atoms with Crippen molar-refractivity contribution in [1.82, 2.24) is 9.80 Å². The highest BCUT2D eigenvalue weighted by Crippen LogP contribution is 2.19. The van der Waals surface area contributed by atoms with Gasteiger partial charge in [0.05, 0.1) is 0 Å². The van der Waals surface area contributed by atoms with E-state index < -0.39 is 5.97 Å². The van der Waals surface area contributed by atoms with Crippen LogP contribution >= 0.6 is 0 Å². The second kappa shape index (κ2) is 6.08. The standard InChI is InChI=1S/C11H22N2O2/c1-12(2)6-7-13-5-3-4-10(9-13)8-11(14)15/h10H,3-9H2,1-2H3,(H,14,15). The molecule has 1 rings (SSSR count). The maximum absolute atomic E-state index is 10.6. The number of hydrogen-bond donors (Lipinski definition) is 1. The van der Waals surface area contributed by atoms with Gasteiger partial charge < -0.3 is 14.9 Å². The molecule has 4 nitrogen and oxygen atoms in total. The zero-order valence-electron chi connectivity index (χ0n) is 9.78. The van der Waals surface area contributed by atoms with Crippen LogP contribution in [-0.4, -0.2) is 61.2 Å². The Morgan fingerprint density at radius 1 is 1.53 bits per heavy atom. The van der Waals surface area contributed by atoms with E-state index in [4.69, 9.17) is 5.11 Å². The number of carboxylic acids is 1. The van der Waals surface area contributed by atoms with Crippen LogP contribution in [0.1, 0.15) is 19.3 Å². The van der Waals surface area contributed by atoms with E-state index in [1.165, 1.54) is 0 Å². The van der Waals surface area contributed by atoms with E-state index in [9.17, 15) is 4.79 Å². The molecule has 15 heavy (non-hydrogen) atoms. The molecule has 1 aliphatic heterocycles. The molecule has 0 amide bonds. The largest absolute Gasteiger partial charge is 0.481 e. The highest BCUT2D eigenvalue weighted by molar-refractivity contribution is 5.67. The molecule has 4 heteroatoms. The van der Waals surface area contributed by atoms with Crippen LogP contribution in [0, 0.1) is 5.92 Å². The summed E-state index contributed by atoms with van der Waals surface area (Å²) >= 11 is 0. The van der Waals surface area contributed by atoms with Gasteiger partial charge in [-0.3, -0.25) is 4.79 Å². The molecule has 0 aromatic heterocycles. The third-order valence-corrected chi connectivity index (χ3v) is 2.93. The van der Waals surface area contributed by atoms with E-state index in [0.717, 1.165) is 39.0 Å². The van der Waals surface area contributed by atoms with Gasteiger partial charge >= 0.3 is 5.97 Å². The van der Waals surface area contributed by atoms with Gasteiger partial charge in [-0.1, -0.05) is 0 Å². The number of likely N-dealkylation sites (N-methyl/N-ethyl adjacent to an activating group) is 1. The Hall–Kier alpha value is -0.610. The summed E-state index contributed by atoms with van der Waals surface area (Å²) in [4.78, 5) is 15.2. The molecule has 0 bridgehead atoms. The summed E-state index contributed by atoms with van der Waals surface area (Å²) in [6, 6.07) is 0. The number of nitrogens with zero attached hydrogens (tertiary/aromatic N) is 2. The van der Waals surface area contributed by atoms with Gasteiger partial charge in [0.2, 0.25) is 0 Å². The van der Waals surface area contributed by atoms with Crippen molar-refractivity contribution in [2.75, 3.05) is 40.3 Å². The normalized spacial score (nSPS) is 23.3. The lowest BCUT2D eigenvalue weighted by molar-refractivity contribution is -0.138. The van der Waals surface area contributed by atoms with Crippen LogP contribution in [0.25, 0.3) is 0 Å². The Bertz CT molecular complexity index is 207. The van der Waals surface area contributed by atoms with Crippen molar-refractivity contribution in [3.8, 4) is 0 Å². The lowest BCUT2D eigenvalue weighted by Gasteiger charge is -2.32. The zero-order chi connectivity index (χ0) is 11.3. The molecule has 1 atom stereocenters. The van der Waals surface area contributed by atoms with Crippen molar-refractivity contribution in [3.05, 3.63) is 0 Å². The minimum atomic E-state index is -0.658. The van der Waals surface area contributed by atoms with Gasteiger partial charge in [-0.05, 0) is 39.4 Å². The highest BCUT2D eigenvalue weighted by Gasteiger charge is 2.21. The summed E-state index contributed by atoms with van der Waals surface area (Å²) in [7, 11) is 4.14. The molecule has 0 aliphatic carbocycles. The van der Waals surface area contributed by atoms with E-state index in [0.29, 0.717) is 12.3 Å². The third-order valence-electron chi connectivity index (χ3n) is 2.93. The fourth-order valence-electron chi connectivity index (χ4n) is 2.11. The molecule has 1 heterocycles. The van der Waals surface area contributed by atoms with Crippen molar-refractivity contribution in [3.63, 3.8) is 0 Å². The van der Waals surface area contributed by atoms with Gasteiger partial charge in [0, 0.05) is 26.1 Å². The number of aliphatic carboxylic acids is 1. The molecule has 1 N–H and O–H groups in total. The molecule has 1 unspecified atom stereocenters. The summed E-state index contributed by atoms with van der Waals surface area (Å²) in [6.07, 6.45) is 2.55. The number of carboxylic acid groups (broad SMARTS) is 1. The number of carbonyl (C=O) groups is 1. The fraction of sp³-hybridized carbons (Fsp3) is 0.909. The van der Waals surface area contributed by atoms with Gasteiger partial charge in [0.15, 0.2) is 0 Å². The predicted molar refractivity (Wildman–Crippen MR) is 60.0 cm³/mol. The molecule has 0 radical (unpaired) electrons. The number of likely N-dealkylation sites (tertiary alicyclic amines) is 1. The minimum Gasteiger partial charge on any atom is -0.481 e. The van der Waals surface area contributed by atoms with Crippen LogP contribution < -0.4 is 0 Å². The minimum absolute atomic E-state index is 0.332. The molecular formula is C11H22N2O2. The first-order valence-corrected chi connectivity index (χ1v) is 5.67. The number of hydrogen-bond acceptors (Lipinski definition) is 3. The number of rotatable bonds is 5. The van der Waals surface area contributed by atoms with Crippen molar-refractivity contribution in [2.45, 2.75) is 19.3 Å². The van der Waals surface area contributed by atoms with E-state index >= 15 is 0 Å². The Labute approximate surface area is 91.9 Å². The monoisotopic (exact) mass is 214 g/mol. The number of piperidine rings is 1. The predicted octanol–water partition coefficient (Wildman–Crippen LogP) is 0.735. The van der Waals surface area contributed by atoms with Crippen LogP contribution in [-0.2, 0) is 4.79 Å². The van der Waals surface area contributed by atoms with Crippen molar-refractivity contribution < 1.29 is 9.90 Å². The van der Waals surface area contributed by atoms with Crippen LogP contribution in [0.5, 0.6) is 0 Å². The lowest BCUT2D eigenvalue weighted by atomic mass is 9.95. The van der Waals surface area contributed by atoms with Gasteiger partial charge in [0.1, 0.15) is 0 Å². The van der Waals surface area contributed by atoms with Gasteiger partial charge in [0.25, 0.3) is 0 Å². The molecule has 0 aromatic rings. The third kappa shape index (κ3) is 5.14. The van der Waals surface area contributed by atoms with Crippen molar-refractivity contribution in [1.29, 1.82) is 0 Å². The molecule has 1 aliphatic rings. The summed E-state index contributed by atoms with van der Waals surface area (Å²) < 4.78 is 0. The molecule has 88 valence electrons. The SMILES string of the molecule is CN(C)CCN1CCCC(CC(=O)O)C1. The van der Waals surface area contributed by atoms with E-state index in [1.807, 2.05) is 0 Å². The maximum atomic E-state index is 10.6. The summed E-state index contributed by atoms with van der Waals surface area (Å²) in [5.74, 6) is -0.298.